The molecule has 0 unspecified atom stereocenters. The number of aryl methyl sites for hydroxylation is 1. The molecule has 1 aromatic carbocycles. The average molecular weight is 462 g/mol. The van der Waals surface area contributed by atoms with Crippen molar-refractivity contribution in [1.82, 2.24) is 16.0 Å². The van der Waals surface area contributed by atoms with E-state index in [2.05, 4.69) is 33.1 Å². The van der Waals surface area contributed by atoms with Crippen LogP contribution in [0.15, 0.2) is 23.2 Å². The van der Waals surface area contributed by atoms with Gasteiger partial charge in [0.05, 0.1) is 6.61 Å². The summed E-state index contributed by atoms with van der Waals surface area (Å²) in [6.07, 6.45) is 0.410. The first-order valence-corrected chi connectivity index (χ1v) is 8.42. The third kappa shape index (κ3) is 9.52. The quantitative estimate of drug-likeness (QED) is 0.316. The summed E-state index contributed by atoms with van der Waals surface area (Å²) in [6, 6.07) is 6.31. The molecule has 7 heteroatoms. The van der Waals surface area contributed by atoms with Crippen molar-refractivity contribution >= 4 is 35.8 Å². The molecule has 0 bridgehead atoms. The number of hydrogen-bond donors (Lipinski definition) is 3. The molecule has 3 N–H and O–H groups in total. The molecule has 1 rings (SSSR count). The fraction of sp³-hybridized carbons (Fsp3) is 0.556. The Balaban J connectivity index is 0.00000576. The average Bonchev–Trinajstić information content (AvgIpc) is 2.51. The van der Waals surface area contributed by atoms with Crippen LogP contribution < -0.4 is 20.7 Å². The van der Waals surface area contributed by atoms with Crippen molar-refractivity contribution in [3.05, 3.63) is 29.3 Å². The van der Waals surface area contributed by atoms with Crippen LogP contribution in [0.2, 0.25) is 0 Å². The van der Waals surface area contributed by atoms with Crippen molar-refractivity contribution in [2.24, 2.45) is 4.99 Å². The van der Waals surface area contributed by atoms with E-state index in [0.717, 1.165) is 11.3 Å². The minimum absolute atomic E-state index is 0. The zero-order valence-corrected chi connectivity index (χ0v) is 18.1. The number of guanidine groups is 1. The van der Waals surface area contributed by atoms with Gasteiger partial charge in [-0.1, -0.05) is 12.1 Å². The standard InChI is InChI=1S/C18H30N4O2.HI/c1-6-24-16-11-14(4)7-8-15(16)12-21-18(19-5)20-10-9-17(23)22-13(2)3;/h7-8,11,13H,6,9-10,12H2,1-5H3,(H,22,23)(H2,19,20,21);1H. The summed E-state index contributed by atoms with van der Waals surface area (Å²) < 4.78 is 5.68. The highest BCUT2D eigenvalue weighted by Gasteiger charge is 2.07. The first-order chi connectivity index (χ1) is 11.5. The first-order valence-electron chi connectivity index (χ1n) is 8.42. The second-order valence-corrected chi connectivity index (χ2v) is 5.87. The molecule has 0 spiro atoms. The SMILES string of the molecule is CCOc1cc(C)ccc1CNC(=NC)NCCC(=O)NC(C)C.I. The van der Waals surface area contributed by atoms with E-state index in [1.165, 1.54) is 5.56 Å². The largest absolute Gasteiger partial charge is 0.494 e. The minimum Gasteiger partial charge on any atom is -0.494 e. The predicted octanol–water partition coefficient (Wildman–Crippen LogP) is 2.59. The number of hydrogen-bond acceptors (Lipinski definition) is 3. The van der Waals surface area contributed by atoms with Crippen molar-refractivity contribution in [3.8, 4) is 5.75 Å². The van der Waals surface area contributed by atoms with Gasteiger partial charge < -0.3 is 20.7 Å². The number of nitrogens with one attached hydrogen (secondary N) is 3. The zero-order valence-electron chi connectivity index (χ0n) is 15.8. The van der Waals surface area contributed by atoms with E-state index in [0.29, 0.717) is 32.1 Å². The van der Waals surface area contributed by atoms with Crippen LogP contribution in [-0.4, -0.2) is 38.1 Å². The number of aliphatic imine (C=N–C) groups is 1. The number of carbonyl (C=O) groups is 1. The van der Waals surface area contributed by atoms with E-state index in [-0.39, 0.29) is 35.9 Å². The molecule has 0 saturated carbocycles. The molecule has 0 atom stereocenters. The van der Waals surface area contributed by atoms with Crippen molar-refractivity contribution < 1.29 is 9.53 Å². The second-order valence-electron chi connectivity index (χ2n) is 5.87. The van der Waals surface area contributed by atoms with Crippen molar-refractivity contribution in [2.45, 2.75) is 46.7 Å². The van der Waals surface area contributed by atoms with Gasteiger partial charge in [0.2, 0.25) is 5.91 Å². The summed E-state index contributed by atoms with van der Waals surface area (Å²) in [5.74, 6) is 1.58. The van der Waals surface area contributed by atoms with E-state index < -0.39 is 0 Å². The van der Waals surface area contributed by atoms with Crippen LogP contribution in [-0.2, 0) is 11.3 Å². The molecular weight excluding hydrogens is 431 g/mol. The highest BCUT2D eigenvalue weighted by Crippen LogP contribution is 2.20. The second kappa shape index (κ2) is 12.8. The maximum Gasteiger partial charge on any atom is 0.221 e. The van der Waals surface area contributed by atoms with Gasteiger partial charge in [-0.3, -0.25) is 9.79 Å². The van der Waals surface area contributed by atoms with Crippen LogP contribution in [0.25, 0.3) is 0 Å². The van der Waals surface area contributed by atoms with Gasteiger partial charge in [-0.05, 0) is 39.3 Å². The van der Waals surface area contributed by atoms with Crippen LogP contribution in [0.4, 0.5) is 0 Å². The Bertz CT molecular complexity index is 562. The van der Waals surface area contributed by atoms with Crippen LogP contribution >= 0.6 is 24.0 Å². The smallest absolute Gasteiger partial charge is 0.221 e. The molecule has 0 saturated heterocycles. The van der Waals surface area contributed by atoms with Crippen LogP contribution in [0, 0.1) is 6.92 Å². The Morgan fingerprint density at radius 1 is 1.28 bits per heavy atom. The Hall–Kier alpha value is -1.51. The predicted molar refractivity (Wildman–Crippen MR) is 114 cm³/mol. The third-order valence-electron chi connectivity index (χ3n) is 3.29. The Kier molecular flexibility index (Phi) is 12.0. The highest BCUT2D eigenvalue weighted by molar-refractivity contribution is 14.0. The van der Waals surface area contributed by atoms with E-state index in [4.69, 9.17) is 4.74 Å². The number of ether oxygens (including phenoxy) is 1. The molecule has 142 valence electrons. The van der Waals surface area contributed by atoms with Gasteiger partial charge in [0.15, 0.2) is 5.96 Å². The molecule has 0 aliphatic rings. The van der Waals surface area contributed by atoms with Crippen molar-refractivity contribution in [1.29, 1.82) is 0 Å². The molecule has 0 aliphatic carbocycles. The summed E-state index contributed by atoms with van der Waals surface area (Å²) in [4.78, 5) is 15.8. The number of benzene rings is 1. The van der Waals surface area contributed by atoms with Crippen LogP contribution in [0.1, 0.15) is 38.3 Å². The van der Waals surface area contributed by atoms with Crippen LogP contribution in [0.5, 0.6) is 5.75 Å². The Labute approximate surface area is 168 Å². The van der Waals surface area contributed by atoms with Gasteiger partial charge >= 0.3 is 0 Å². The lowest BCUT2D eigenvalue weighted by Crippen LogP contribution is -2.39. The Morgan fingerprint density at radius 3 is 2.60 bits per heavy atom. The Morgan fingerprint density at radius 2 is 2.00 bits per heavy atom. The van der Waals surface area contributed by atoms with Gasteiger partial charge in [0, 0.05) is 38.2 Å². The topological polar surface area (TPSA) is 74.8 Å². The van der Waals surface area contributed by atoms with Crippen molar-refractivity contribution in [2.75, 3.05) is 20.2 Å². The summed E-state index contributed by atoms with van der Waals surface area (Å²) in [5.41, 5.74) is 2.24. The summed E-state index contributed by atoms with van der Waals surface area (Å²) in [6.45, 7) is 9.68. The highest BCUT2D eigenvalue weighted by atomic mass is 127. The molecule has 6 nitrogen and oxygen atoms in total. The normalized spacial score (nSPS) is 10.9. The molecule has 0 aliphatic heterocycles. The molecule has 1 amide bonds. The summed E-state index contributed by atoms with van der Waals surface area (Å²) in [7, 11) is 1.71. The monoisotopic (exact) mass is 462 g/mol. The molecular formula is C18H31IN4O2. The van der Waals surface area contributed by atoms with Gasteiger partial charge in [0.1, 0.15) is 5.75 Å². The lowest BCUT2D eigenvalue weighted by Gasteiger charge is -2.15. The molecule has 0 radical (unpaired) electrons. The fourth-order valence-electron chi connectivity index (χ4n) is 2.19. The van der Waals surface area contributed by atoms with E-state index in [9.17, 15) is 4.79 Å². The number of rotatable bonds is 8. The maximum absolute atomic E-state index is 11.6. The molecule has 1 aromatic rings. The van der Waals surface area contributed by atoms with Crippen molar-refractivity contribution in [3.63, 3.8) is 0 Å². The summed E-state index contributed by atoms with van der Waals surface area (Å²) >= 11 is 0. The lowest BCUT2D eigenvalue weighted by molar-refractivity contribution is -0.121. The summed E-state index contributed by atoms with van der Waals surface area (Å²) in [5, 5.41) is 9.25. The van der Waals surface area contributed by atoms with E-state index >= 15 is 0 Å². The molecule has 0 aromatic heterocycles. The fourth-order valence-corrected chi connectivity index (χ4v) is 2.19. The third-order valence-corrected chi connectivity index (χ3v) is 3.29. The van der Waals surface area contributed by atoms with Gasteiger partial charge in [-0.2, -0.15) is 0 Å². The van der Waals surface area contributed by atoms with Gasteiger partial charge in [0.25, 0.3) is 0 Å². The van der Waals surface area contributed by atoms with E-state index in [1.54, 1.807) is 7.05 Å². The number of halogens is 1. The maximum atomic E-state index is 11.6. The van der Waals surface area contributed by atoms with Gasteiger partial charge in [-0.25, -0.2) is 0 Å². The number of carbonyl (C=O) groups excluding carboxylic acids is 1. The first kappa shape index (κ1) is 23.5. The van der Waals surface area contributed by atoms with Crippen LogP contribution in [0.3, 0.4) is 0 Å². The number of nitrogens with zero attached hydrogens (tertiary/aromatic N) is 1. The lowest BCUT2D eigenvalue weighted by atomic mass is 10.1. The molecule has 0 fully saturated rings. The minimum atomic E-state index is 0. The molecule has 0 heterocycles. The van der Waals surface area contributed by atoms with E-state index in [1.807, 2.05) is 33.8 Å². The molecule has 25 heavy (non-hydrogen) atoms. The van der Waals surface area contributed by atoms with Gasteiger partial charge in [-0.15, -0.1) is 24.0 Å². The number of amides is 1. The zero-order chi connectivity index (χ0) is 17.9.